The molecule has 2 aromatic carbocycles. The normalized spacial score (nSPS) is 22.9. The summed E-state index contributed by atoms with van der Waals surface area (Å²) in [5.41, 5.74) is 2.03. The molecular formula is C23H28N2O2. The van der Waals surface area contributed by atoms with Gasteiger partial charge in [0, 0.05) is 25.7 Å². The summed E-state index contributed by atoms with van der Waals surface area (Å²) in [6, 6.07) is 18.7. The van der Waals surface area contributed by atoms with Gasteiger partial charge >= 0.3 is 0 Å². The van der Waals surface area contributed by atoms with Gasteiger partial charge in [0.05, 0.1) is 12.7 Å². The van der Waals surface area contributed by atoms with E-state index < -0.39 is 0 Å². The Kier molecular flexibility index (Phi) is 5.44. The minimum Gasteiger partial charge on any atom is -0.496 e. The summed E-state index contributed by atoms with van der Waals surface area (Å²) in [6.07, 6.45) is 3.72. The number of methoxy groups -OCH3 is 1. The van der Waals surface area contributed by atoms with Crippen LogP contribution in [0.15, 0.2) is 54.6 Å². The third-order valence-corrected chi connectivity index (χ3v) is 6.00. The van der Waals surface area contributed by atoms with Crippen LogP contribution in [0.25, 0.3) is 0 Å². The van der Waals surface area contributed by atoms with Crippen molar-refractivity contribution >= 4 is 5.91 Å². The molecule has 2 saturated heterocycles. The van der Waals surface area contributed by atoms with Crippen molar-refractivity contribution < 1.29 is 9.53 Å². The maximum Gasteiger partial charge on any atom is 0.257 e. The minimum absolute atomic E-state index is 0.0974. The van der Waals surface area contributed by atoms with Crippen LogP contribution in [0.2, 0.25) is 0 Å². The molecule has 0 N–H and O–H groups in total. The zero-order valence-corrected chi connectivity index (χ0v) is 16.0. The van der Waals surface area contributed by atoms with Gasteiger partial charge in [-0.1, -0.05) is 48.9 Å². The standard InChI is InChI=1S/C23H28N2O2/c1-27-22-13-6-5-12-20(22)23(26)25-16-19-11-7-8-14-24(21(19)17-25)15-18-9-3-2-4-10-18/h2-6,9-10,12-13,19,21H,7-8,11,14-17H2,1H3/t19-,21+/m0/s1. The summed E-state index contributed by atoms with van der Waals surface area (Å²) in [5.74, 6) is 1.32. The molecule has 0 spiro atoms. The molecule has 142 valence electrons. The second-order valence-corrected chi connectivity index (χ2v) is 7.69. The number of likely N-dealkylation sites (tertiary alicyclic amines) is 2. The fourth-order valence-electron chi connectivity index (χ4n) is 4.61. The maximum absolute atomic E-state index is 13.1. The van der Waals surface area contributed by atoms with Crippen molar-refractivity contribution in [1.29, 1.82) is 0 Å². The smallest absolute Gasteiger partial charge is 0.257 e. The van der Waals surface area contributed by atoms with E-state index >= 15 is 0 Å². The molecular weight excluding hydrogens is 336 g/mol. The average molecular weight is 364 g/mol. The third-order valence-electron chi connectivity index (χ3n) is 6.00. The van der Waals surface area contributed by atoms with Crippen molar-refractivity contribution in [3.05, 3.63) is 65.7 Å². The van der Waals surface area contributed by atoms with E-state index in [1.807, 2.05) is 29.2 Å². The largest absolute Gasteiger partial charge is 0.496 e. The summed E-state index contributed by atoms with van der Waals surface area (Å²) >= 11 is 0. The molecule has 2 aliphatic rings. The number of carbonyl (C=O) groups excluding carboxylic acids is 1. The van der Waals surface area contributed by atoms with Gasteiger partial charge in [-0.15, -0.1) is 0 Å². The van der Waals surface area contributed by atoms with Gasteiger partial charge in [0.25, 0.3) is 5.91 Å². The zero-order chi connectivity index (χ0) is 18.6. The Hall–Kier alpha value is -2.33. The number of carbonyl (C=O) groups is 1. The predicted octanol–water partition coefficient (Wildman–Crippen LogP) is 3.82. The minimum atomic E-state index is 0.0974. The number of nitrogens with zero attached hydrogens (tertiary/aromatic N) is 2. The van der Waals surface area contributed by atoms with Gasteiger partial charge in [-0.3, -0.25) is 9.69 Å². The summed E-state index contributed by atoms with van der Waals surface area (Å²) in [7, 11) is 1.63. The lowest BCUT2D eigenvalue weighted by Gasteiger charge is -2.30. The van der Waals surface area contributed by atoms with Crippen molar-refractivity contribution in [1.82, 2.24) is 9.80 Å². The lowest BCUT2D eigenvalue weighted by molar-refractivity contribution is 0.0770. The first-order valence-electron chi connectivity index (χ1n) is 9.96. The topological polar surface area (TPSA) is 32.8 Å². The van der Waals surface area contributed by atoms with Gasteiger partial charge in [0.2, 0.25) is 0 Å². The highest BCUT2D eigenvalue weighted by Gasteiger charge is 2.40. The van der Waals surface area contributed by atoms with Gasteiger partial charge in [0.1, 0.15) is 5.75 Å². The molecule has 2 fully saturated rings. The second kappa shape index (κ2) is 8.13. The molecule has 0 aliphatic carbocycles. The zero-order valence-electron chi connectivity index (χ0n) is 16.0. The van der Waals surface area contributed by atoms with E-state index in [-0.39, 0.29) is 5.91 Å². The average Bonchev–Trinajstić information content (AvgIpc) is 3.06. The van der Waals surface area contributed by atoms with Gasteiger partial charge in [0.15, 0.2) is 0 Å². The van der Waals surface area contributed by atoms with Crippen molar-refractivity contribution in [2.24, 2.45) is 5.92 Å². The highest BCUT2D eigenvalue weighted by atomic mass is 16.5. The molecule has 4 rings (SSSR count). The van der Waals surface area contributed by atoms with E-state index in [4.69, 9.17) is 4.74 Å². The molecule has 1 amide bonds. The predicted molar refractivity (Wildman–Crippen MR) is 107 cm³/mol. The summed E-state index contributed by atoms with van der Waals surface area (Å²) < 4.78 is 5.41. The Balaban J connectivity index is 1.52. The fourth-order valence-corrected chi connectivity index (χ4v) is 4.61. The van der Waals surface area contributed by atoms with Crippen molar-refractivity contribution in [2.45, 2.75) is 31.8 Å². The van der Waals surface area contributed by atoms with Crippen LogP contribution in [0.1, 0.15) is 35.2 Å². The van der Waals surface area contributed by atoms with Crippen LogP contribution in [-0.2, 0) is 6.54 Å². The molecule has 2 atom stereocenters. The molecule has 2 heterocycles. The van der Waals surface area contributed by atoms with Gasteiger partial charge < -0.3 is 9.64 Å². The van der Waals surface area contributed by atoms with Crippen LogP contribution in [0, 0.1) is 5.92 Å². The maximum atomic E-state index is 13.1. The first kappa shape index (κ1) is 18.1. The van der Waals surface area contributed by atoms with Crippen molar-refractivity contribution in [2.75, 3.05) is 26.7 Å². The Morgan fingerprint density at radius 1 is 1.04 bits per heavy atom. The number of hydrogen-bond acceptors (Lipinski definition) is 3. The molecule has 4 nitrogen and oxygen atoms in total. The fraction of sp³-hybridized carbons (Fsp3) is 0.435. The lowest BCUT2D eigenvalue weighted by atomic mass is 9.98. The Morgan fingerprint density at radius 2 is 1.81 bits per heavy atom. The van der Waals surface area contributed by atoms with Crippen LogP contribution in [-0.4, -0.2) is 48.5 Å². The highest BCUT2D eigenvalue weighted by molar-refractivity contribution is 5.97. The van der Waals surface area contributed by atoms with E-state index in [1.54, 1.807) is 7.11 Å². The number of rotatable bonds is 4. The van der Waals surface area contributed by atoms with Gasteiger partial charge in [-0.2, -0.15) is 0 Å². The Morgan fingerprint density at radius 3 is 2.63 bits per heavy atom. The quantitative estimate of drug-likeness (QED) is 0.827. The molecule has 0 radical (unpaired) electrons. The first-order chi connectivity index (χ1) is 13.3. The Bertz CT molecular complexity index is 777. The van der Waals surface area contributed by atoms with E-state index in [0.29, 0.717) is 23.3 Å². The molecule has 0 unspecified atom stereocenters. The third kappa shape index (κ3) is 3.86. The second-order valence-electron chi connectivity index (χ2n) is 7.69. The van der Waals surface area contributed by atoms with Crippen LogP contribution in [0.4, 0.5) is 0 Å². The number of fused-ring (bicyclic) bond motifs is 1. The number of benzene rings is 2. The van der Waals surface area contributed by atoms with Crippen LogP contribution < -0.4 is 4.74 Å². The number of para-hydroxylation sites is 1. The van der Waals surface area contributed by atoms with E-state index in [9.17, 15) is 4.79 Å². The number of ether oxygens (including phenoxy) is 1. The summed E-state index contributed by atoms with van der Waals surface area (Å²) in [4.78, 5) is 17.8. The van der Waals surface area contributed by atoms with Gasteiger partial charge in [-0.25, -0.2) is 0 Å². The van der Waals surface area contributed by atoms with Crippen LogP contribution in [0.3, 0.4) is 0 Å². The first-order valence-corrected chi connectivity index (χ1v) is 9.96. The van der Waals surface area contributed by atoms with Crippen LogP contribution >= 0.6 is 0 Å². The highest BCUT2D eigenvalue weighted by Crippen LogP contribution is 2.32. The number of amides is 1. The SMILES string of the molecule is COc1ccccc1C(=O)N1C[C@@H]2CCCCN(Cc3ccccc3)[C@@H]2C1. The molecule has 2 aromatic rings. The molecule has 4 heteroatoms. The van der Waals surface area contributed by atoms with E-state index in [1.165, 1.54) is 24.8 Å². The van der Waals surface area contributed by atoms with Crippen molar-refractivity contribution in [3.63, 3.8) is 0 Å². The lowest BCUT2D eigenvalue weighted by Crippen LogP contribution is -2.40. The number of hydrogen-bond donors (Lipinski definition) is 0. The van der Waals surface area contributed by atoms with E-state index in [2.05, 4.69) is 35.2 Å². The monoisotopic (exact) mass is 364 g/mol. The summed E-state index contributed by atoms with van der Waals surface area (Å²) in [6.45, 7) is 3.76. The summed E-state index contributed by atoms with van der Waals surface area (Å²) in [5, 5.41) is 0. The molecule has 0 aromatic heterocycles. The molecule has 27 heavy (non-hydrogen) atoms. The van der Waals surface area contributed by atoms with E-state index in [0.717, 1.165) is 26.2 Å². The molecule has 2 aliphatic heterocycles. The Labute approximate surface area is 161 Å². The van der Waals surface area contributed by atoms with Gasteiger partial charge in [-0.05, 0) is 43.0 Å². The molecule has 0 bridgehead atoms. The van der Waals surface area contributed by atoms with Crippen LogP contribution in [0.5, 0.6) is 5.75 Å². The molecule has 0 saturated carbocycles. The van der Waals surface area contributed by atoms with Crippen molar-refractivity contribution in [3.8, 4) is 5.75 Å².